The van der Waals surface area contributed by atoms with Crippen molar-refractivity contribution in [1.82, 2.24) is 9.97 Å². The van der Waals surface area contributed by atoms with Gasteiger partial charge < -0.3 is 4.90 Å². The third-order valence-corrected chi connectivity index (χ3v) is 12.5. The largest absolute Gasteiger partial charge is 0.310 e. The van der Waals surface area contributed by atoms with Crippen molar-refractivity contribution in [3.05, 3.63) is 247 Å². The second-order valence-corrected chi connectivity index (χ2v) is 15.7. The molecule has 1 spiro atoms. The summed E-state index contributed by atoms with van der Waals surface area (Å²) in [6.07, 6.45) is 0. The topological polar surface area (TPSA) is 29.0 Å². The first kappa shape index (κ1) is 34.2. The van der Waals surface area contributed by atoms with E-state index >= 15 is 0 Å². The number of nitrogens with zero attached hydrogens (tertiary/aromatic N) is 3. The van der Waals surface area contributed by atoms with E-state index in [1.165, 1.54) is 55.9 Å². The minimum Gasteiger partial charge on any atom is -0.310 e. The van der Waals surface area contributed by atoms with Crippen molar-refractivity contribution >= 4 is 28.0 Å². The molecular weight excluding hydrogens is 727 g/mol. The van der Waals surface area contributed by atoms with E-state index in [0.717, 1.165) is 50.4 Å². The van der Waals surface area contributed by atoms with E-state index < -0.39 is 5.41 Å². The lowest BCUT2D eigenvalue weighted by molar-refractivity contribution is 0.753. The zero-order valence-corrected chi connectivity index (χ0v) is 32.7. The quantitative estimate of drug-likeness (QED) is 0.175. The minimum atomic E-state index is -0.494. The molecule has 0 unspecified atom stereocenters. The monoisotopic (exact) mass is 763 g/mol. The average Bonchev–Trinajstić information content (AvgIpc) is 3.62. The number of hydrogen-bond acceptors (Lipinski definition) is 3. The van der Waals surface area contributed by atoms with E-state index in [4.69, 9.17) is 9.97 Å². The Bertz CT molecular complexity index is 3210. The van der Waals surface area contributed by atoms with Gasteiger partial charge in [0, 0.05) is 22.2 Å². The zero-order valence-electron chi connectivity index (χ0n) is 32.7. The van der Waals surface area contributed by atoms with Crippen LogP contribution in [-0.2, 0) is 5.41 Å². The number of benzene rings is 9. The normalized spacial score (nSPS) is 13.1. The van der Waals surface area contributed by atoms with Gasteiger partial charge in [0.1, 0.15) is 0 Å². The predicted octanol–water partition coefficient (Wildman–Crippen LogP) is 14.4. The number of fused-ring (bicyclic) bond motifs is 10. The summed E-state index contributed by atoms with van der Waals surface area (Å²) in [6.45, 7) is 0. The molecule has 1 aromatic heterocycles. The van der Waals surface area contributed by atoms with Gasteiger partial charge in [0.05, 0.1) is 28.0 Å². The number of para-hydroxylation sites is 4. The van der Waals surface area contributed by atoms with E-state index in [9.17, 15) is 0 Å². The molecular formula is C57H37N3. The Morgan fingerprint density at radius 3 is 1.60 bits per heavy atom. The maximum Gasteiger partial charge on any atom is 0.160 e. The Kier molecular flexibility index (Phi) is 7.76. The number of aromatic nitrogens is 2. The van der Waals surface area contributed by atoms with Crippen LogP contribution in [0.3, 0.4) is 0 Å². The lowest BCUT2D eigenvalue weighted by Crippen LogP contribution is -2.36. The molecule has 2 heterocycles. The van der Waals surface area contributed by atoms with Crippen molar-refractivity contribution in [3.63, 3.8) is 0 Å². The lowest BCUT2D eigenvalue weighted by Gasteiger charge is -2.45. The number of rotatable bonds is 5. The molecule has 0 amide bonds. The van der Waals surface area contributed by atoms with Crippen molar-refractivity contribution in [1.29, 1.82) is 0 Å². The van der Waals surface area contributed by atoms with Gasteiger partial charge in [-0.05, 0) is 98.1 Å². The summed E-state index contributed by atoms with van der Waals surface area (Å²) in [5, 5.41) is 1.05. The molecule has 10 aromatic rings. The van der Waals surface area contributed by atoms with Gasteiger partial charge >= 0.3 is 0 Å². The Hall–Kier alpha value is -7.88. The Balaban J connectivity index is 0.959. The van der Waals surface area contributed by atoms with Gasteiger partial charge in [-0.25, -0.2) is 9.97 Å². The molecule has 2 aliphatic rings. The minimum absolute atomic E-state index is 0.494. The van der Waals surface area contributed by atoms with E-state index in [0.29, 0.717) is 0 Å². The summed E-state index contributed by atoms with van der Waals surface area (Å²) >= 11 is 0. The van der Waals surface area contributed by atoms with Gasteiger partial charge in [0.15, 0.2) is 5.82 Å². The summed E-state index contributed by atoms with van der Waals surface area (Å²) in [4.78, 5) is 12.6. The van der Waals surface area contributed by atoms with Gasteiger partial charge in [0.25, 0.3) is 0 Å². The molecule has 0 saturated carbocycles. The zero-order chi connectivity index (χ0) is 39.6. The molecule has 0 radical (unpaired) electrons. The van der Waals surface area contributed by atoms with Crippen LogP contribution in [0.15, 0.2) is 224 Å². The van der Waals surface area contributed by atoms with E-state index in [1.54, 1.807) is 0 Å². The highest BCUT2D eigenvalue weighted by molar-refractivity contribution is 5.97. The third-order valence-electron chi connectivity index (χ3n) is 12.5. The van der Waals surface area contributed by atoms with E-state index in [1.807, 2.05) is 12.1 Å². The lowest BCUT2D eigenvalue weighted by atomic mass is 9.64. The average molecular weight is 764 g/mol. The van der Waals surface area contributed by atoms with Crippen LogP contribution in [0.25, 0.3) is 66.9 Å². The molecule has 280 valence electrons. The Morgan fingerprint density at radius 2 is 0.867 bits per heavy atom. The van der Waals surface area contributed by atoms with Gasteiger partial charge in [-0.3, -0.25) is 0 Å². The van der Waals surface area contributed by atoms with Crippen molar-refractivity contribution < 1.29 is 0 Å². The van der Waals surface area contributed by atoms with Crippen LogP contribution >= 0.6 is 0 Å². The highest BCUT2D eigenvalue weighted by atomic mass is 15.2. The molecule has 12 rings (SSSR count). The van der Waals surface area contributed by atoms with Crippen molar-refractivity contribution in [2.24, 2.45) is 0 Å². The van der Waals surface area contributed by atoms with E-state index in [-0.39, 0.29) is 0 Å². The highest BCUT2D eigenvalue weighted by Crippen LogP contribution is 2.63. The molecule has 60 heavy (non-hydrogen) atoms. The predicted molar refractivity (Wildman–Crippen MR) is 247 cm³/mol. The van der Waals surface area contributed by atoms with Crippen LogP contribution in [0, 0.1) is 0 Å². The van der Waals surface area contributed by atoms with Crippen molar-refractivity contribution in [2.45, 2.75) is 5.41 Å². The Morgan fingerprint density at radius 1 is 0.333 bits per heavy atom. The fourth-order valence-electron chi connectivity index (χ4n) is 9.86. The SMILES string of the molecule is c1ccc(-c2nc(-c3cccc(-c4ccc(-c5ccc6c(c5)C5(c7ccccc7-6)c6ccccc6N(c6ccccc6)c6ccccc65)cc4)c3)nc3ccccc23)cc1. The van der Waals surface area contributed by atoms with Gasteiger partial charge in [-0.2, -0.15) is 0 Å². The summed E-state index contributed by atoms with van der Waals surface area (Å²) < 4.78 is 0. The summed E-state index contributed by atoms with van der Waals surface area (Å²) in [6, 6.07) is 81.1. The van der Waals surface area contributed by atoms with Crippen molar-refractivity contribution in [2.75, 3.05) is 4.90 Å². The molecule has 0 bridgehead atoms. The van der Waals surface area contributed by atoms with Crippen LogP contribution in [0.5, 0.6) is 0 Å². The first-order valence-corrected chi connectivity index (χ1v) is 20.6. The second kappa shape index (κ2) is 13.6. The van der Waals surface area contributed by atoms with Gasteiger partial charge in [0.2, 0.25) is 0 Å². The van der Waals surface area contributed by atoms with Crippen molar-refractivity contribution in [3.8, 4) is 56.0 Å². The summed E-state index contributed by atoms with van der Waals surface area (Å²) in [7, 11) is 0. The molecule has 1 aliphatic carbocycles. The van der Waals surface area contributed by atoms with Gasteiger partial charge in [-0.1, -0.05) is 182 Å². The fourth-order valence-corrected chi connectivity index (χ4v) is 9.86. The van der Waals surface area contributed by atoms with Crippen LogP contribution in [0.2, 0.25) is 0 Å². The summed E-state index contributed by atoms with van der Waals surface area (Å²) in [5.41, 5.74) is 19.4. The molecule has 0 saturated heterocycles. The molecule has 1 aliphatic heterocycles. The fraction of sp³-hybridized carbons (Fsp3) is 0.0175. The third kappa shape index (κ3) is 5.16. The molecule has 3 nitrogen and oxygen atoms in total. The molecule has 0 atom stereocenters. The van der Waals surface area contributed by atoms with Gasteiger partial charge in [-0.15, -0.1) is 0 Å². The maximum absolute atomic E-state index is 5.14. The second-order valence-electron chi connectivity index (χ2n) is 15.7. The van der Waals surface area contributed by atoms with Crippen LogP contribution in [0.1, 0.15) is 22.3 Å². The standard InChI is InChI=1S/C57H37N3/c1-3-16-40(17-4-1)55-47-23-8-12-27-52(47)58-56(59-55)43-19-15-18-41(36-43)38-30-32-39(33-31-38)42-34-35-46-45-22-7-9-24-48(45)57(51(46)37-42)49-25-10-13-28-53(49)60(44-20-5-2-6-21-44)54-29-14-11-26-50(54)57/h1-37H. The van der Waals surface area contributed by atoms with Crippen LogP contribution in [-0.4, -0.2) is 9.97 Å². The summed E-state index contributed by atoms with van der Waals surface area (Å²) in [5.74, 6) is 0.719. The number of hydrogen-bond donors (Lipinski definition) is 0. The van der Waals surface area contributed by atoms with Crippen LogP contribution < -0.4 is 4.90 Å². The molecule has 0 fully saturated rings. The Labute approximate surface area is 349 Å². The molecule has 9 aromatic carbocycles. The van der Waals surface area contributed by atoms with E-state index in [2.05, 4.69) is 217 Å². The maximum atomic E-state index is 5.14. The smallest absolute Gasteiger partial charge is 0.160 e. The first-order chi connectivity index (χ1) is 29.8. The molecule has 0 N–H and O–H groups in total. The molecule has 3 heteroatoms. The van der Waals surface area contributed by atoms with Crippen LogP contribution in [0.4, 0.5) is 17.1 Å². The highest BCUT2D eigenvalue weighted by Gasteiger charge is 2.51. The first-order valence-electron chi connectivity index (χ1n) is 20.6. The number of anilines is 3.